The normalized spacial score (nSPS) is 11.2. The van der Waals surface area contributed by atoms with E-state index in [1.165, 1.54) is 29.7 Å². The van der Waals surface area contributed by atoms with Crippen LogP contribution in [0.1, 0.15) is 16.0 Å². The number of carbonyl (C=O) groups is 1. The molecule has 0 spiro atoms. The zero-order valence-corrected chi connectivity index (χ0v) is 12.3. The van der Waals surface area contributed by atoms with Crippen molar-refractivity contribution in [2.24, 2.45) is 0 Å². The van der Waals surface area contributed by atoms with E-state index < -0.39 is 23.3 Å². The summed E-state index contributed by atoms with van der Waals surface area (Å²) in [6.07, 6.45) is -1.63. The van der Waals surface area contributed by atoms with Crippen LogP contribution in [0, 0.1) is 11.3 Å². The molecule has 0 unspecified atom stereocenters. The molecule has 0 aliphatic heterocycles. The van der Waals surface area contributed by atoms with Crippen molar-refractivity contribution in [2.45, 2.75) is 6.18 Å². The lowest BCUT2D eigenvalue weighted by Gasteiger charge is -2.11. The van der Waals surface area contributed by atoms with Gasteiger partial charge in [-0.25, -0.2) is 4.79 Å². The summed E-state index contributed by atoms with van der Waals surface area (Å²) in [6, 6.07) is 7.45. The lowest BCUT2D eigenvalue weighted by molar-refractivity contribution is -0.137. The van der Waals surface area contributed by atoms with Crippen molar-refractivity contribution in [3.63, 3.8) is 0 Å². The molecule has 0 bridgehead atoms. The second kappa shape index (κ2) is 6.98. The predicted octanol–water partition coefficient (Wildman–Crippen LogP) is 4.43. The molecular formula is C15H10F3N3OS. The molecule has 0 saturated carbocycles. The molecular weight excluding hydrogens is 327 g/mol. The molecule has 2 amide bonds. The number of nitriles is 1. The van der Waals surface area contributed by atoms with Crippen molar-refractivity contribution < 1.29 is 18.0 Å². The van der Waals surface area contributed by atoms with Gasteiger partial charge >= 0.3 is 12.2 Å². The highest BCUT2D eigenvalue weighted by atomic mass is 32.1. The summed E-state index contributed by atoms with van der Waals surface area (Å²) in [6.45, 7) is 0. The molecule has 8 heteroatoms. The SMILES string of the molecule is N#Cc1ccc(NC(=O)NC=Cc2cccs2)cc1C(F)(F)F. The van der Waals surface area contributed by atoms with Gasteiger partial charge in [0.25, 0.3) is 0 Å². The Balaban J connectivity index is 2.05. The van der Waals surface area contributed by atoms with Gasteiger partial charge in [-0.05, 0) is 35.7 Å². The van der Waals surface area contributed by atoms with Gasteiger partial charge in [0.1, 0.15) is 0 Å². The first-order valence-corrected chi connectivity index (χ1v) is 7.17. The maximum absolute atomic E-state index is 12.8. The molecule has 4 nitrogen and oxygen atoms in total. The monoisotopic (exact) mass is 337 g/mol. The second-order valence-corrected chi connectivity index (χ2v) is 5.30. The minimum atomic E-state index is -4.67. The van der Waals surface area contributed by atoms with Crippen molar-refractivity contribution in [1.82, 2.24) is 5.32 Å². The number of nitrogens with one attached hydrogen (secondary N) is 2. The average Bonchev–Trinajstić information content (AvgIpc) is 2.99. The minimum absolute atomic E-state index is 0.0571. The van der Waals surface area contributed by atoms with Crippen LogP contribution in [0.4, 0.5) is 23.7 Å². The fraction of sp³-hybridized carbons (Fsp3) is 0.0667. The van der Waals surface area contributed by atoms with Gasteiger partial charge in [0.05, 0.1) is 17.2 Å². The van der Waals surface area contributed by atoms with E-state index in [0.29, 0.717) is 0 Å². The molecule has 1 aromatic carbocycles. The number of rotatable bonds is 3. The van der Waals surface area contributed by atoms with Crippen molar-refractivity contribution >= 4 is 29.1 Å². The van der Waals surface area contributed by atoms with Crippen molar-refractivity contribution in [3.05, 3.63) is 57.9 Å². The first-order chi connectivity index (χ1) is 10.9. The van der Waals surface area contributed by atoms with Crippen LogP contribution in [0.2, 0.25) is 0 Å². The summed E-state index contributed by atoms with van der Waals surface area (Å²) < 4.78 is 38.5. The number of urea groups is 1. The Morgan fingerprint density at radius 3 is 2.70 bits per heavy atom. The van der Waals surface area contributed by atoms with E-state index in [9.17, 15) is 18.0 Å². The number of anilines is 1. The van der Waals surface area contributed by atoms with Crippen LogP contribution >= 0.6 is 11.3 Å². The molecule has 0 radical (unpaired) electrons. The van der Waals surface area contributed by atoms with E-state index in [1.807, 2.05) is 17.5 Å². The van der Waals surface area contributed by atoms with E-state index in [4.69, 9.17) is 5.26 Å². The van der Waals surface area contributed by atoms with Gasteiger partial charge < -0.3 is 10.6 Å². The molecule has 0 fully saturated rings. The van der Waals surface area contributed by atoms with Gasteiger partial charge in [-0.2, -0.15) is 18.4 Å². The highest BCUT2D eigenvalue weighted by molar-refractivity contribution is 7.10. The largest absolute Gasteiger partial charge is 0.417 e. The van der Waals surface area contributed by atoms with Crippen LogP contribution in [0.15, 0.2) is 41.9 Å². The van der Waals surface area contributed by atoms with Crippen LogP contribution in [0.25, 0.3) is 6.08 Å². The number of hydrogen-bond donors (Lipinski definition) is 2. The lowest BCUT2D eigenvalue weighted by Crippen LogP contribution is -2.24. The lowest BCUT2D eigenvalue weighted by atomic mass is 10.1. The maximum Gasteiger partial charge on any atom is 0.417 e. The van der Waals surface area contributed by atoms with Gasteiger partial charge in [0.15, 0.2) is 0 Å². The Bertz CT molecular complexity index is 761. The molecule has 0 aliphatic carbocycles. The number of amides is 2. The minimum Gasteiger partial charge on any atom is -0.314 e. The molecule has 0 saturated heterocycles. The first-order valence-electron chi connectivity index (χ1n) is 6.29. The third kappa shape index (κ3) is 4.59. The standard InChI is InChI=1S/C15H10F3N3OS/c16-15(17,18)13-8-11(4-3-10(13)9-19)21-14(22)20-6-5-12-2-1-7-23-12/h1-8H,(H2,20,21,22). The van der Waals surface area contributed by atoms with Gasteiger partial charge in [0.2, 0.25) is 0 Å². The summed E-state index contributed by atoms with van der Waals surface area (Å²) in [7, 11) is 0. The van der Waals surface area contributed by atoms with E-state index in [-0.39, 0.29) is 5.69 Å². The van der Waals surface area contributed by atoms with Crippen LogP contribution < -0.4 is 10.6 Å². The second-order valence-electron chi connectivity index (χ2n) is 4.32. The number of halogens is 3. The topological polar surface area (TPSA) is 64.9 Å². The number of nitrogens with zero attached hydrogens (tertiary/aromatic N) is 1. The third-order valence-electron chi connectivity index (χ3n) is 2.71. The molecule has 0 aliphatic rings. The highest BCUT2D eigenvalue weighted by Gasteiger charge is 2.33. The van der Waals surface area contributed by atoms with E-state index in [1.54, 1.807) is 6.08 Å². The number of thiophene rings is 1. The Labute approximate surface area is 133 Å². The smallest absolute Gasteiger partial charge is 0.314 e. The predicted molar refractivity (Wildman–Crippen MR) is 81.7 cm³/mol. The van der Waals surface area contributed by atoms with E-state index in [0.717, 1.165) is 17.0 Å². The average molecular weight is 337 g/mol. The Hall–Kier alpha value is -2.79. The Kier molecular flexibility index (Phi) is 5.03. The van der Waals surface area contributed by atoms with Crippen LogP contribution in [0.3, 0.4) is 0 Å². The molecule has 2 N–H and O–H groups in total. The summed E-state index contributed by atoms with van der Waals surface area (Å²) in [5.41, 5.74) is -1.65. The molecule has 1 heterocycles. The fourth-order valence-corrected chi connectivity index (χ4v) is 2.32. The zero-order chi connectivity index (χ0) is 16.9. The summed E-state index contributed by atoms with van der Waals surface area (Å²) in [5.74, 6) is 0. The summed E-state index contributed by atoms with van der Waals surface area (Å²) >= 11 is 1.47. The summed E-state index contributed by atoms with van der Waals surface area (Å²) in [4.78, 5) is 12.6. The van der Waals surface area contributed by atoms with E-state index >= 15 is 0 Å². The van der Waals surface area contributed by atoms with Crippen LogP contribution in [0.5, 0.6) is 0 Å². The molecule has 2 rings (SSSR count). The molecule has 118 valence electrons. The van der Waals surface area contributed by atoms with Crippen molar-refractivity contribution in [3.8, 4) is 6.07 Å². The zero-order valence-electron chi connectivity index (χ0n) is 11.5. The number of benzene rings is 1. The molecule has 2 aromatic rings. The number of carbonyl (C=O) groups excluding carboxylic acids is 1. The van der Waals surface area contributed by atoms with Crippen LogP contribution in [-0.2, 0) is 6.18 Å². The van der Waals surface area contributed by atoms with Crippen LogP contribution in [-0.4, -0.2) is 6.03 Å². The fourth-order valence-electron chi connectivity index (χ4n) is 1.71. The number of alkyl halides is 3. The highest BCUT2D eigenvalue weighted by Crippen LogP contribution is 2.33. The van der Waals surface area contributed by atoms with E-state index in [2.05, 4.69) is 10.6 Å². The Morgan fingerprint density at radius 1 is 1.30 bits per heavy atom. The molecule has 0 atom stereocenters. The van der Waals surface area contributed by atoms with Crippen molar-refractivity contribution in [1.29, 1.82) is 5.26 Å². The van der Waals surface area contributed by atoms with Gasteiger partial charge in [0, 0.05) is 16.8 Å². The molecule has 23 heavy (non-hydrogen) atoms. The van der Waals surface area contributed by atoms with Gasteiger partial charge in [-0.15, -0.1) is 11.3 Å². The van der Waals surface area contributed by atoms with Crippen molar-refractivity contribution in [2.75, 3.05) is 5.32 Å². The van der Waals surface area contributed by atoms with Gasteiger partial charge in [-0.1, -0.05) is 6.07 Å². The first kappa shape index (κ1) is 16.6. The Morgan fingerprint density at radius 2 is 2.09 bits per heavy atom. The summed E-state index contributed by atoms with van der Waals surface area (Å²) in [5, 5.41) is 15.2. The van der Waals surface area contributed by atoms with Gasteiger partial charge in [-0.3, -0.25) is 0 Å². The molecule has 1 aromatic heterocycles. The quantitative estimate of drug-likeness (QED) is 0.870. The number of hydrogen-bond acceptors (Lipinski definition) is 3. The maximum atomic E-state index is 12.8. The third-order valence-corrected chi connectivity index (χ3v) is 3.55.